The van der Waals surface area contributed by atoms with Crippen molar-refractivity contribution in [2.75, 3.05) is 33.2 Å². The van der Waals surface area contributed by atoms with Crippen LogP contribution in [-0.2, 0) is 0 Å². The highest BCUT2D eigenvalue weighted by Crippen LogP contribution is 2.30. The van der Waals surface area contributed by atoms with E-state index in [0.717, 1.165) is 24.1 Å². The minimum Gasteiger partial charge on any atom is -0.305 e. The molecule has 0 N–H and O–H groups in total. The molecule has 0 saturated carbocycles. The van der Waals surface area contributed by atoms with Crippen LogP contribution in [0.3, 0.4) is 0 Å². The minimum absolute atomic E-state index is 0. The normalized spacial score (nSPS) is 17.2. The van der Waals surface area contributed by atoms with Crippen LogP contribution >= 0.6 is 40.7 Å². The van der Waals surface area contributed by atoms with E-state index < -0.39 is 0 Å². The molecule has 5 heteroatoms. The first-order valence-corrected chi connectivity index (χ1v) is 8.76. The highest BCUT2D eigenvalue weighted by molar-refractivity contribution is 9.10. The molecule has 2 nitrogen and oxygen atoms in total. The van der Waals surface area contributed by atoms with Crippen LogP contribution in [0, 0.1) is 0 Å². The van der Waals surface area contributed by atoms with Crippen molar-refractivity contribution in [1.82, 2.24) is 9.80 Å². The van der Waals surface area contributed by atoms with Gasteiger partial charge in [-0.2, -0.15) is 0 Å². The first-order valence-electron chi connectivity index (χ1n) is 7.97. The van der Waals surface area contributed by atoms with Gasteiger partial charge in [-0.3, -0.25) is 4.90 Å². The Bertz CT molecular complexity index is 592. The van der Waals surface area contributed by atoms with Crippen LogP contribution in [0.1, 0.15) is 23.6 Å². The van der Waals surface area contributed by atoms with Crippen molar-refractivity contribution in [3.8, 4) is 0 Å². The number of nitrogens with zero attached hydrogens (tertiary/aromatic N) is 2. The Balaban J connectivity index is 0.00000144. The Labute approximate surface area is 166 Å². The maximum absolute atomic E-state index is 3.55. The third-order valence-corrected chi connectivity index (χ3v) is 4.95. The second-order valence-corrected chi connectivity index (χ2v) is 6.97. The van der Waals surface area contributed by atoms with E-state index in [4.69, 9.17) is 0 Å². The molecular weight excluding hydrogens is 407 g/mol. The summed E-state index contributed by atoms with van der Waals surface area (Å²) >= 11 is 3.55. The molecule has 1 aliphatic rings. The SMILES string of the molecule is CN1CCCN(C(c2ccccc2)c2ccc(Br)cc2)CC1.Cl.Cl. The van der Waals surface area contributed by atoms with Crippen molar-refractivity contribution in [2.24, 2.45) is 0 Å². The van der Waals surface area contributed by atoms with Gasteiger partial charge in [0.2, 0.25) is 0 Å². The number of benzene rings is 2. The molecule has 1 fully saturated rings. The maximum atomic E-state index is 3.55. The molecule has 1 heterocycles. The van der Waals surface area contributed by atoms with Crippen molar-refractivity contribution in [3.63, 3.8) is 0 Å². The van der Waals surface area contributed by atoms with Gasteiger partial charge in [0, 0.05) is 24.1 Å². The molecule has 1 unspecified atom stereocenters. The predicted octanol–water partition coefficient (Wildman–Crippen LogP) is 5.02. The zero-order valence-electron chi connectivity index (χ0n) is 13.9. The third kappa shape index (κ3) is 5.47. The number of hydrogen-bond donors (Lipinski definition) is 0. The van der Waals surface area contributed by atoms with E-state index in [9.17, 15) is 0 Å². The third-order valence-electron chi connectivity index (χ3n) is 4.42. The molecule has 1 saturated heterocycles. The molecule has 1 aliphatic heterocycles. The smallest absolute Gasteiger partial charge is 0.0602 e. The van der Waals surface area contributed by atoms with E-state index in [1.807, 2.05) is 0 Å². The molecule has 0 aliphatic carbocycles. The topological polar surface area (TPSA) is 6.48 Å². The number of rotatable bonds is 3. The van der Waals surface area contributed by atoms with E-state index in [0.29, 0.717) is 6.04 Å². The van der Waals surface area contributed by atoms with E-state index in [-0.39, 0.29) is 24.8 Å². The molecule has 1 atom stereocenters. The number of halogens is 3. The minimum atomic E-state index is 0. The van der Waals surface area contributed by atoms with Gasteiger partial charge in [-0.1, -0.05) is 58.4 Å². The molecule has 0 spiro atoms. The first kappa shape index (κ1) is 21.5. The van der Waals surface area contributed by atoms with Crippen molar-refractivity contribution in [3.05, 3.63) is 70.2 Å². The molecule has 3 rings (SSSR count). The Morgan fingerprint density at radius 1 is 0.792 bits per heavy atom. The van der Waals surface area contributed by atoms with Crippen molar-refractivity contribution < 1.29 is 0 Å². The fourth-order valence-corrected chi connectivity index (χ4v) is 3.48. The van der Waals surface area contributed by atoms with Gasteiger partial charge in [-0.15, -0.1) is 24.8 Å². The Hall–Kier alpha value is -0.580. The molecule has 0 radical (unpaired) electrons. The van der Waals surface area contributed by atoms with E-state index in [1.54, 1.807) is 0 Å². The lowest BCUT2D eigenvalue weighted by Gasteiger charge is -2.31. The Morgan fingerprint density at radius 3 is 2.08 bits per heavy atom. The second-order valence-electron chi connectivity index (χ2n) is 6.06. The summed E-state index contributed by atoms with van der Waals surface area (Å²) in [5.74, 6) is 0. The van der Waals surface area contributed by atoms with Crippen molar-refractivity contribution >= 4 is 40.7 Å². The zero-order chi connectivity index (χ0) is 15.4. The lowest BCUT2D eigenvalue weighted by atomic mass is 9.97. The maximum Gasteiger partial charge on any atom is 0.0602 e. The average molecular weight is 432 g/mol. The molecule has 0 aromatic heterocycles. The zero-order valence-corrected chi connectivity index (χ0v) is 17.1. The van der Waals surface area contributed by atoms with Crippen molar-refractivity contribution in [2.45, 2.75) is 12.5 Å². The number of hydrogen-bond acceptors (Lipinski definition) is 2. The fourth-order valence-electron chi connectivity index (χ4n) is 3.22. The van der Waals surface area contributed by atoms with Crippen LogP contribution < -0.4 is 0 Å². The summed E-state index contributed by atoms with van der Waals surface area (Å²) in [7, 11) is 2.22. The molecular formula is C19H25BrCl2N2. The summed E-state index contributed by atoms with van der Waals surface area (Å²) in [6.45, 7) is 4.60. The first-order chi connectivity index (χ1) is 10.7. The lowest BCUT2D eigenvalue weighted by Crippen LogP contribution is -2.33. The van der Waals surface area contributed by atoms with Crippen LogP contribution in [0.2, 0.25) is 0 Å². The van der Waals surface area contributed by atoms with Crippen LogP contribution in [0.4, 0.5) is 0 Å². The van der Waals surface area contributed by atoms with Gasteiger partial charge in [-0.25, -0.2) is 0 Å². The second kappa shape index (κ2) is 10.4. The summed E-state index contributed by atoms with van der Waals surface area (Å²) < 4.78 is 1.14. The highest BCUT2D eigenvalue weighted by Gasteiger charge is 2.23. The van der Waals surface area contributed by atoms with Crippen molar-refractivity contribution in [1.29, 1.82) is 0 Å². The monoisotopic (exact) mass is 430 g/mol. The summed E-state index contributed by atoms with van der Waals surface area (Å²) in [5.41, 5.74) is 2.76. The highest BCUT2D eigenvalue weighted by atomic mass is 79.9. The van der Waals surface area contributed by atoms with Gasteiger partial charge < -0.3 is 4.90 Å². The van der Waals surface area contributed by atoms with E-state index >= 15 is 0 Å². The van der Waals surface area contributed by atoms with Gasteiger partial charge in [0.05, 0.1) is 6.04 Å². The summed E-state index contributed by atoms with van der Waals surface area (Å²) in [6.07, 6.45) is 1.23. The van der Waals surface area contributed by atoms with Crippen LogP contribution in [0.5, 0.6) is 0 Å². The standard InChI is InChI=1S/C19H23BrN2.2ClH/c1-21-12-5-13-22(15-14-21)19(16-6-3-2-4-7-16)17-8-10-18(20)11-9-17;;/h2-4,6-11,19H,5,12-15H2,1H3;2*1H. The lowest BCUT2D eigenvalue weighted by molar-refractivity contribution is 0.231. The molecule has 24 heavy (non-hydrogen) atoms. The molecule has 132 valence electrons. The quantitative estimate of drug-likeness (QED) is 0.673. The molecule has 2 aromatic carbocycles. The van der Waals surface area contributed by atoms with E-state index in [1.165, 1.54) is 24.1 Å². The van der Waals surface area contributed by atoms with E-state index in [2.05, 4.69) is 87.4 Å². The molecule has 0 amide bonds. The summed E-state index contributed by atoms with van der Waals surface area (Å²) in [6, 6.07) is 20.0. The summed E-state index contributed by atoms with van der Waals surface area (Å²) in [4.78, 5) is 5.06. The average Bonchev–Trinajstić information content (AvgIpc) is 2.76. The van der Waals surface area contributed by atoms with Gasteiger partial charge in [-0.05, 0) is 43.3 Å². The van der Waals surface area contributed by atoms with Crippen LogP contribution in [0.25, 0.3) is 0 Å². The fraction of sp³-hybridized carbons (Fsp3) is 0.368. The Kier molecular flexibility index (Phi) is 9.32. The van der Waals surface area contributed by atoms with Gasteiger partial charge in [0.15, 0.2) is 0 Å². The molecule has 0 bridgehead atoms. The van der Waals surface area contributed by atoms with Gasteiger partial charge in [0.25, 0.3) is 0 Å². The number of likely N-dealkylation sites (N-methyl/N-ethyl adjacent to an activating group) is 1. The largest absolute Gasteiger partial charge is 0.305 e. The van der Waals surface area contributed by atoms with Gasteiger partial charge in [0.1, 0.15) is 0 Å². The summed E-state index contributed by atoms with van der Waals surface area (Å²) in [5, 5.41) is 0. The van der Waals surface area contributed by atoms with Gasteiger partial charge >= 0.3 is 0 Å². The Morgan fingerprint density at radius 2 is 1.42 bits per heavy atom. The van der Waals surface area contributed by atoms with Crippen LogP contribution in [0.15, 0.2) is 59.1 Å². The van der Waals surface area contributed by atoms with Crippen LogP contribution in [-0.4, -0.2) is 43.0 Å². The molecule has 2 aromatic rings. The predicted molar refractivity (Wildman–Crippen MR) is 111 cm³/mol.